The molecule has 1 atom stereocenters. The predicted octanol–water partition coefficient (Wildman–Crippen LogP) is 2.36. The third-order valence-electron chi connectivity index (χ3n) is 5.45. The molecule has 168 valence electrons. The first-order valence-electron chi connectivity index (χ1n) is 10.6. The van der Waals surface area contributed by atoms with E-state index >= 15 is 0 Å². The molecule has 3 heterocycles. The van der Waals surface area contributed by atoms with Crippen LogP contribution in [-0.4, -0.2) is 66.8 Å². The largest absolute Gasteiger partial charge is 0.493 e. The van der Waals surface area contributed by atoms with Crippen molar-refractivity contribution in [2.75, 3.05) is 44.5 Å². The molecule has 1 aromatic heterocycles. The number of aliphatic imine (C=N–C) groups is 1. The number of fused-ring (bicyclic) bond motifs is 2. The molecule has 0 saturated carbocycles. The third kappa shape index (κ3) is 4.63. The molecule has 2 bridgehead atoms. The lowest BCUT2D eigenvalue weighted by molar-refractivity contribution is -0.129. The van der Waals surface area contributed by atoms with Crippen LogP contribution < -0.4 is 20.1 Å². The molecule has 2 aliphatic rings. The summed E-state index contributed by atoms with van der Waals surface area (Å²) in [5, 5.41) is 6.01. The molecule has 1 aromatic carbocycles. The maximum atomic E-state index is 12.6. The lowest BCUT2D eigenvalue weighted by Gasteiger charge is -2.19. The molecular formula is C22H26N6O4. The second-order valence-electron chi connectivity index (χ2n) is 7.61. The van der Waals surface area contributed by atoms with Gasteiger partial charge in [0.1, 0.15) is 23.9 Å². The minimum absolute atomic E-state index is 0.0715. The van der Waals surface area contributed by atoms with Crippen molar-refractivity contribution in [3.8, 4) is 11.5 Å². The number of methoxy groups -OCH3 is 1. The number of anilines is 2. The molecule has 0 radical (unpaired) electrons. The van der Waals surface area contributed by atoms with Gasteiger partial charge in [0, 0.05) is 38.8 Å². The highest BCUT2D eigenvalue weighted by Crippen LogP contribution is 2.36. The summed E-state index contributed by atoms with van der Waals surface area (Å²) in [7, 11) is 3.35. The number of carbonyl (C=O) groups is 2. The van der Waals surface area contributed by atoms with Gasteiger partial charge in [-0.25, -0.2) is 9.97 Å². The maximum Gasteiger partial charge on any atom is 0.238 e. The number of carbonyl (C=O) groups excluding carboxylic acids is 2. The minimum Gasteiger partial charge on any atom is -0.493 e. The normalized spacial score (nSPS) is 19.2. The Morgan fingerprint density at radius 2 is 2.03 bits per heavy atom. The zero-order valence-electron chi connectivity index (χ0n) is 18.1. The average Bonchev–Trinajstić information content (AvgIpc) is 3.12. The van der Waals surface area contributed by atoms with Gasteiger partial charge in [-0.05, 0) is 25.0 Å². The fraction of sp³-hybridized carbons (Fsp3) is 0.409. The molecule has 0 aliphatic carbocycles. The van der Waals surface area contributed by atoms with E-state index in [0.717, 1.165) is 12.8 Å². The quantitative estimate of drug-likeness (QED) is 0.702. The summed E-state index contributed by atoms with van der Waals surface area (Å²) in [5.41, 5.74) is 1.27. The smallest absolute Gasteiger partial charge is 0.238 e. The van der Waals surface area contributed by atoms with Crippen molar-refractivity contribution in [2.24, 2.45) is 4.99 Å². The Morgan fingerprint density at radius 1 is 1.19 bits per heavy atom. The highest BCUT2D eigenvalue weighted by atomic mass is 16.5. The molecule has 4 rings (SSSR count). The Morgan fingerprint density at radius 3 is 2.88 bits per heavy atom. The topological polar surface area (TPSA) is 118 Å². The number of amides is 2. The molecule has 0 spiro atoms. The summed E-state index contributed by atoms with van der Waals surface area (Å²) in [6, 6.07) is 5.34. The van der Waals surface area contributed by atoms with Gasteiger partial charge in [0.2, 0.25) is 11.8 Å². The number of rotatable bonds is 1. The molecule has 0 saturated heterocycles. The van der Waals surface area contributed by atoms with Gasteiger partial charge in [0.25, 0.3) is 0 Å². The van der Waals surface area contributed by atoms with Gasteiger partial charge in [0.05, 0.1) is 25.0 Å². The van der Waals surface area contributed by atoms with Crippen LogP contribution in [0.5, 0.6) is 11.5 Å². The van der Waals surface area contributed by atoms with Gasteiger partial charge >= 0.3 is 0 Å². The fourth-order valence-corrected chi connectivity index (χ4v) is 3.64. The van der Waals surface area contributed by atoms with Crippen molar-refractivity contribution < 1.29 is 19.1 Å². The van der Waals surface area contributed by atoms with Crippen LogP contribution in [0.3, 0.4) is 0 Å². The van der Waals surface area contributed by atoms with Crippen LogP contribution in [-0.2, 0) is 9.59 Å². The Hall–Kier alpha value is -3.69. The molecule has 10 heteroatoms. The first-order valence-corrected chi connectivity index (χ1v) is 10.6. The summed E-state index contributed by atoms with van der Waals surface area (Å²) in [5.74, 6) is 1.37. The molecule has 10 nitrogen and oxygen atoms in total. The van der Waals surface area contributed by atoms with Gasteiger partial charge in [-0.3, -0.25) is 14.6 Å². The van der Waals surface area contributed by atoms with Gasteiger partial charge in [-0.2, -0.15) is 0 Å². The van der Waals surface area contributed by atoms with E-state index in [1.165, 1.54) is 6.33 Å². The Balaban J connectivity index is 1.67. The average molecular weight is 438 g/mol. The lowest BCUT2D eigenvalue weighted by Crippen LogP contribution is -2.31. The number of hydrogen-bond acceptors (Lipinski definition) is 8. The van der Waals surface area contributed by atoms with Crippen LogP contribution in [0.1, 0.15) is 30.7 Å². The molecule has 2 aliphatic heterocycles. The number of nitrogens with zero attached hydrogens (tertiary/aromatic N) is 4. The van der Waals surface area contributed by atoms with Crippen molar-refractivity contribution in [1.29, 1.82) is 0 Å². The zero-order valence-corrected chi connectivity index (χ0v) is 18.1. The number of aromatic nitrogens is 2. The Bertz CT molecular complexity index is 1040. The van der Waals surface area contributed by atoms with Gasteiger partial charge < -0.3 is 25.0 Å². The number of likely N-dealkylation sites (N-methyl/N-ethyl adjacent to an activating group) is 1. The Labute approximate surface area is 186 Å². The van der Waals surface area contributed by atoms with Crippen molar-refractivity contribution in [3.05, 3.63) is 30.1 Å². The lowest BCUT2D eigenvalue weighted by atomic mass is 10.0. The highest BCUT2D eigenvalue weighted by Gasteiger charge is 2.33. The molecular weight excluding hydrogens is 412 g/mol. The van der Waals surface area contributed by atoms with Crippen LogP contribution >= 0.6 is 0 Å². The van der Waals surface area contributed by atoms with E-state index in [2.05, 4.69) is 25.6 Å². The minimum atomic E-state index is -0.640. The van der Waals surface area contributed by atoms with E-state index in [1.807, 2.05) is 0 Å². The maximum absolute atomic E-state index is 12.6. The number of ether oxygens (including phenoxy) is 2. The van der Waals surface area contributed by atoms with Crippen LogP contribution in [0.15, 0.2) is 29.5 Å². The number of benzene rings is 1. The first kappa shape index (κ1) is 21.5. The van der Waals surface area contributed by atoms with Gasteiger partial charge in [-0.1, -0.05) is 0 Å². The van der Waals surface area contributed by atoms with Crippen LogP contribution in [0.4, 0.5) is 17.3 Å². The monoisotopic (exact) mass is 438 g/mol. The van der Waals surface area contributed by atoms with E-state index in [4.69, 9.17) is 9.47 Å². The van der Waals surface area contributed by atoms with Gasteiger partial charge in [0.15, 0.2) is 11.5 Å². The molecule has 1 unspecified atom stereocenters. The van der Waals surface area contributed by atoms with E-state index in [0.29, 0.717) is 60.5 Å². The molecule has 0 fully saturated rings. The van der Waals surface area contributed by atoms with Crippen molar-refractivity contribution in [3.63, 3.8) is 0 Å². The second kappa shape index (κ2) is 9.63. The molecule has 2 N–H and O–H groups in total. The standard InChI is InChI=1S/C22H26N6O4/c1-28-9-8-23-20-19-15(22(30)27-21(19)26-13-25-20)12-24-14-6-7-16(31-2)17(11-14)32-10-4-3-5-18(28)29/h6-7,11-13,15H,3-5,8-10H2,1-2H3,(H2,23,25,26,27,30). The van der Waals surface area contributed by atoms with Gasteiger partial charge in [-0.15, -0.1) is 0 Å². The SMILES string of the molecule is COc1ccc2cc1OCCCCC(=O)N(C)CCNc1ncnc3c1C(C=N2)C(=O)N3. The summed E-state index contributed by atoms with van der Waals surface area (Å²) in [4.78, 5) is 39.7. The predicted molar refractivity (Wildman–Crippen MR) is 120 cm³/mol. The fourth-order valence-electron chi connectivity index (χ4n) is 3.64. The summed E-state index contributed by atoms with van der Waals surface area (Å²) in [6.45, 7) is 1.46. The van der Waals surface area contributed by atoms with Crippen molar-refractivity contribution in [2.45, 2.75) is 25.2 Å². The summed E-state index contributed by atoms with van der Waals surface area (Å²) >= 11 is 0. The number of nitrogens with one attached hydrogen (secondary N) is 2. The van der Waals surface area contributed by atoms with E-state index in [-0.39, 0.29) is 11.8 Å². The Kier molecular flexibility index (Phi) is 6.48. The highest BCUT2D eigenvalue weighted by molar-refractivity contribution is 6.13. The van der Waals surface area contributed by atoms with Crippen LogP contribution in [0, 0.1) is 0 Å². The number of hydrogen-bond donors (Lipinski definition) is 2. The van der Waals surface area contributed by atoms with E-state index in [1.54, 1.807) is 43.5 Å². The molecule has 32 heavy (non-hydrogen) atoms. The molecule has 2 aromatic rings. The summed E-state index contributed by atoms with van der Waals surface area (Å²) in [6.07, 6.45) is 4.90. The third-order valence-corrected chi connectivity index (χ3v) is 5.45. The van der Waals surface area contributed by atoms with Crippen LogP contribution in [0.25, 0.3) is 0 Å². The van der Waals surface area contributed by atoms with Crippen molar-refractivity contribution in [1.82, 2.24) is 14.9 Å². The zero-order chi connectivity index (χ0) is 22.5. The van der Waals surface area contributed by atoms with E-state index < -0.39 is 5.92 Å². The first-order chi connectivity index (χ1) is 15.6. The van der Waals surface area contributed by atoms with Crippen LogP contribution in [0.2, 0.25) is 0 Å². The molecule has 2 amide bonds. The second-order valence-corrected chi connectivity index (χ2v) is 7.61. The van der Waals surface area contributed by atoms with Crippen molar-refractivity contribution >= 4 is 35.4 Å². The van der Waals surface area contributed by atoms with E-state index in [9.17, 15) is 9.59 Å². The summed E-state index contributed by atoms with van der Waals surface area (Å²) < 4.78 is 11.3.